The molecule has 0 aliphatic rings. The van der Waals surface area contributed by atoms with Crippen molar-refractivity contribution in [2.45, 2.75) is 46.5 Å². The predicted molar refractivity (Wildman–Crippen MR) is 52.7 cm³/mol. The van der Waals surface area contributed by atoms with Gasteiger partial charge in [0.1, 0.15) is 0 Å². The number of nitrogens with two attached hydrogens (primary N) is 1. The third-order valence-electron chi connectivity index (χ3n) is 2.56. The first-order valence-electron chi connectivity index (χ1n) is 4.97. The summed E-state index contributed by atoms with van der Waals surface area (Å²) in [6, 6.07) is 0. The molecule has 0 aromatic carbocycles. The second kappa shape index (κ2) is 6.89. The Bertz CT molecular complexity index is 146. The zero-order valence-corrected chi connectivity index (χ0v) is 8.88. The van der Waals surface area contributed by atoms with Crippen molar-refractivity contribution in [1.82, 2.24) is 0 Å². The molecule has 0 heterocycles. The Morgan fingerprint density at radius 2 is 1.92 bits per heavy atom. The molecule has 0 aliphatic carbocycles. The maximum absolute atomic E-state index is 10.6. The van der Waals surface area contributed by atoms with Crippen molar-refractivity contribution >= 4 is 5.97 Å². The summed E-state index contributed by atoms with van der Waals surface area (Å²) in [5.41, 5.74) is 0. The van der Waals surface area contributed by atoms with Gasteiger partial charge in [-0.05, 0) is 18.3 Å². The maximum atomic E-state index is 10.6. The molecule has 0 saturated carbocycles. The van der Waals surface area contributed by atoms with Gasteiger partial charge in [-0.3, -0.25) is 4.79 Å². The quantitative estimate of drug-likeness (QED) is 0.512. The van der Waals surface area contributed by atoms with Crippen LogP contribution in [0.15, 0.2) is 0 Å². The van der Waals surface area contributed by atoms with Gasteiger partial charge in [-0.25, -0.2) is 0 Å². The second-order valence-corrected chi connectivity index (χ2v) is 3.96. The Morgan fingerprint density at radius 1 is 1.31 bits per heavy atom. The highest BCUT2D eigenvalue weighted by atomic mass is 16.7. The lowest BCUT2D eigenvalue weighted by molar-refractivity contribution is -0.144. The van der Waals surface area contributed by atoms with Gasteiger partial charge in [0.25, 0.3) is 0 Å². The van der Waals surface area contributed by atoms with Gasteiger partial charge in [0, 0.05) is 6.42 Å². The summed E-state index contributed by atoms with van der Waals surface area (Å²) in [6.45, 7) is 6.68. The van der Waals surface area contributed by atoms with E-state index < -0.39 is 0 Å². The fourth-order valence-corrected chi connectivity index (χ4v) is 1.13. The Kier molecular flexibility index (Phi) is 6.59. The Balaban J connectivity index is 3.30. The molecule has 1 atom stereocenters. The molecule has 0 spiro atoms. The molecule has 0 aliphatic heterocycles. The lowest BCUT2D eigenvalue weighted by atomic mass is 9.92. The molecule has 0 rings (SSSR count). The van der Waals surface area contributed by atoms with E-state index in [1.165, 1.54) is 6.42 Å². The summed E-state index contributed by atoms with van der Waals surface area (Å²) in [7, 11) is 0. The topological polar surface area (TPSA) is 52.3 Å². The van der Waals surface area contributed by atoms with E-state index in [0.29, 0.717) is 6.42 Å². The molecule has 0 aromatic heterocycles. The minimum Gasteiger partial charge on any atom is -0.373 e. The largest absolute Gasteiger partial charge is 0.373 e. The molecule has 78 valence electrons. The first kappa shape index (κ1) is 12.4. The van der Waals surface area contributed by atoms with E-state index in [1.807, 2.05) is 0 Å². The minimum atomic E-state index is -0.308. The SMILES string of the molecule is CC(C)C(C)CCCCC(=O)ON. The number of rotatable bonds is 6. The number of carbonyl (C=O) groups excluding carboxylic acids is 1. The zero-order chi connectivity index (χ0) is 10.3. The van der Waals surface area contributed by atoms with E-state index in [9.17, 15) is 4.79 Å². The van der Waals surface area contributed by atoms with Gasteiger partial charge in [-0.15, -0.1) is 0 Å². The number of hydrogen-bond donors (Lipinski definition) is 1. The molecule has 1 unspecified atom stereocenters. The van der Waals surface area contributed by atoms with Crippen LogP contribution in [-0.2, 0) is 9.63 Å². The number of hydrogen-bond acceptors (Lipinski definition) is 3. The molecule has 13 heavy (non-hydrogen) atoms. The van der Waals surface area contributed by atoms with Crippen molar-refractivity contribution in [3.63, 3.8) is 0 Å². The summed E-state index contributed by atoms with van der Waals surface area (Å²) in [6.07, 6.45) is 3.58. The normalized spacial score (nSPS) is 13.0. The number of carbonyl (C=O) groups is 1. The van der Waals surface area contributed by atoms with Crippen molar-refractivity contribution in [3.05, 3.63) is 0 Å². The van der Waals surface area contributed by atoms with Gasteiger partial charge in [-0.2, -0.15) is 5.90 Å². The monoisotopic (exact) mass is 187 g/mol. The first-order valence-corrected chi connectivity index (χ1v) is 4.97. The molecule has 3 nitrogen and oxygen atoms in total. The van der Waals surface area contributed by atoms with Gasteiger partial charge in [0.15, 0.2) is 0 Å². The molecule has 0 bridgehead atoms. The average Bonchev–Trinajstić information content (AvgIpc) is 2.11. The molecule has 0 radical (unpaired) electrons. The lowest BCUT2D eigenvalue weighted by Crippen LogP contribution is -2.09. The highest BCUT2D eigenvalue weighted by molar-refractivity contribution is 5.68. The zero-order valence-electron chi connectivity index (χ0n) is 8.88. The summed E-state index contributed by atoms with van der Waals surface area (Å²) < 4.78 is 0. The van der Waals surface area contributed by atoms with Crippen molar-refractivity contribution in [3.8, 4) is 0 Å². The first-order chi connectivity index (χ1) is 6.07. The van der Waals surface area contributed by atoms with Crippen molar-refractivity contribution < 1.29 is 9.63 Å². The van der Waals surface area contributed by atoms with Crippen molar-refractivity contribution in [2.75, 3.05) is 0 Å². The molecule has 3 heteroatoms. The van der Waals surface area contributed by atoms with Gasteiger partial charge < -0.3 is 4.84 Å². The van der Waals surface area contributed by atoms with E-state index in [-0.39, 0.29) is 5.97 Å². The molecule has 2 N–H and O–H groups in total. The van der Waals surface area contributed by atoms with Crippen LogP contribution in [0, 0.1) is 11.8 Å². The Labute approximate surface area is 80.6 Å². The summed E-state index contributed by atoms with van der Waals surface area (Å²) in [4.78, 5) is 14.7. The second-order valence-electron chi connectivity index (χ2n) is 3.96. The highest BCUT2D eigenvalue weighted by Crippen LogP contribution is 2.17. The molecule has 0 saturated heterocycles. The van der Waals surface area contributed by atoms with Gasteiger partial charge >= 0.3 is 5.97 Å². The average molecular weight is 187 g/mol. The predicted octanol–water partition coefficient (Wildman–Crippen LogP) is 2.26. The summed E-state index contributed by atoms with van der Waals surface area (Å²) in [5, 5.41) is 0. The van der Waals surface area contributed by atoms with Crippen LogP contribution < -0.4 is 5.90 Å². The smallest absolute Gasteiger partial charge is 0.324 e. The van der Waals surface area contributed by atoms with E-state index in [0.717, 1.165) is 24.7 Å². The molecule has 0 aromatic rings. The van der Waals surface area contributed by atoms with Crippen LogP contribution in [0.1, 0.15) is 46.5 Å². The van der Waals surface area contributed by atoms with Crippen LogP contribution in [0.2, 0.25) is 0 Å². The standard InChI is InChI=1S/C10H21NO2/c1-8(2)9(3)6-4-5-7-10(12)13-11/h8-9H,4-7,11H2,1-3H3. The van der Waals surface area contributed by atoms with Crippen LogP contribution >= 0.6 is 0 Å². The van der Waals surface area contributed by atoms with Crippen molar-refractivity contribution in [1.29, 1.82) is 0 Å². The Hall–Kier alpha value is -0.570. The third-order valence-corrected chi connectivity index (χ3v) is 2.56. The van der Waals surface area contributed by atoms with E-state index in [4.69, 9.17) is 5.90 Å². The van der Waals surface area contributed by atoms with Crippen molar-refractivity contribution in [2.24, 2.45) is 17.7 Å². The van der Waals surface area contributed by atoms with Crippen LogP contribution in [0.3, 0.4) is 0 Å². The van der Waals surface area contributed by atoms with Gasteiger partial charge in [-0.1, -0.05) is 33.6 Å². The Morgan fingerprint density at radius 3 is 2.38 bits per heavy atom. The fourth-order valence-electron chi connectivity index (χ4n) is 1.13. The van der Waals surface area contributed by atoms with Crippen LogP contribution in [0.25, 0.3) is 0 Å². The van der Waals surface area contributed by atoms with E-state index in [1.54, 1.807) is 0 Å². The van der Waals surface area contributed by atoms with E-state index in [2.05, 4.69) is 25.6 Å². The molecule has 0 amide bonds. The number of unbranched alkanes of at least 4 members (excludes halogenated alkanes) is 1. The van der Waals surface area contributed by atoms with Crippen LogP contribution in [0.5, 0.6) is 0 Å². The minimum absolute atomic E-state index is 0.308. The maximum Gasteiger partial charge on any atom is 0.324 e. The summed E-state index contributed by atoms with van der Waals surface area (Å²) >= 11 is 0. The summed E-state index contributed by atoms with van der Waals surface area (Å²) in [5.74, 6) is 5.86. The van der Waals surface area contributed by atoms with Gasteiger partial charge in [0.2, 0.25) is 0 Å². The molecular formula is C10H21NO2. The molecule has 0 fully saturated rings. The van der Waals surface area contributed by atoms with Gasteiger partial charge in [0.05, 0.1) is 0 Å². The van der Waals surface area contributed by atoms with E-state index >= 15 is 0 Å². The molecular weight excluding hydrogens is 166 g/mol. The lowest BCUT2D eigenvalue weighted by Gasteiger charge is -2.14. The van der Waals surface area contributed by atoms with Crippen LogP contribution in [0.4, 0.5) is 0 Å². The fraction of sp³-hybridized carbons (Fsp3) is 0.900. The third kappa shape index (κ3) is 6.58. The van der Waals surface area contributed by atoms with Crippen LogP contribution in [-0.4, -0.2) is 5.97 Å². The highest BCUT2D eigenvalue weighted by Gasteiger charge is 2.07.